The van der Waals surface area contributed by atoms with Crippen LogP contribution < -0.4 is 0 Å². The second-order valence-electron chi connectivity index (χ2n) is 14.5. The van der Waals surface area contributed by atoms with Gasteiger partial charge in [0, 0.05) is 33.9 Å². The topological polar surface area (TPSA) is 60.8 Å². The standard InChI is InChI=1S/C34H44F3NO3/c1-5-17-38(4)21-32(41)14-11-27-30(32,3)13-10-26-29(2)12-9-24(39)19-31(29)15-16-33(26,27)25(20-31)28(40)22-7-6-8-23(18-22)34(35,36)37/h6-8,15-16,18,20,24,26-27,39,41H,5,9-14,17,19,21H2,1-4H3. The first-order valence-corrected chi connectivity index (χ1v) is 15.4. The van der Waals surface area contributed by atoms with Crippen molar-refractivity contribution >= 4 is 5.78 Å². The molecule has 0 amide bonds. The maximum absolute atomic E-state index is 14.5. The fourth-order valence-electron chi connectivity index (χ4n) is 10.5. The van der Waals surface area contributed by atoms with Crippen LogP contribution in [0.5, 0.6) is 0 Å². The summed E-state index contributed by atoms with van der Waals surface area (Å²) >= 11 is 0. The van der Waals surface area contributed by atoms with Crippen molar-refractivity contribution in [2.45, 2.75) is 90.0 Å². The van der Waals surface area contributed by atoms with Crippen LogP contribution in [0, 0.1) is 33.5 Å². The number of rotatable bonds is 6. The third-order valence-electron chi connectivity index (χ3n) is 12.5. The average Bonchev–Trinajstić information content (AvgIpc) is 3.18. The number of hydrogen-bond donors (Lipinski definition) is 2. The third kappa shape index (κ3) is 3.87. The molecule has 6 aliphatic carbocycles. The van der Waals surface area contributed by atoms with E-state index in [9.17, 15) is 28.2 Å². The van der Waals surface area contributed by atoms with E-state index in [4.69, 9.17) is 0 Å². The summed E-state index contributed by atoms with van der Waals surface area (Å²) in [5.74, 6) is -0.265. The highest BCUT2D eigenvalue weighted by atomic mass is 19.4. The van der Waals surface area contributed by atoms with Crippen molar-refractivity contribution < 1.29 is 28.2 Å². The van der Waals surface area contributed by atoms with E-state index < -0.39 is 39.7 Å². The predicted molar refractivity (Wildman–Crippen MR) is 152 cm³/mol. The summed E-state index contributed by atoms with van der Waals surface area (Å²) in [4.78, 5) is 16.7. The molecule has 0 saturated heterocycles. The number of halogens is 3. The van der Waals surface area contributed by atoms with Gasteiger partial charge < -0.3 is 15.1 Å². The molecule has 7 heteroatoms. The number of aliphatic hydroxyl groups excluding tert-OH is 1. The molecule has 1 aromatic carbocycles. The van der Waals surface area contributed by atoms with Crippen LogP contribution in [0.3, 0.4) is 0 Å². The second-order valence-corrected chi connectivity index (χ2v) is 14.5. The number of Topliss-reactive ketones (excluding diaryl/α,β-unsaturated/α-hetero) is 1. The molecule has 2 N–H and O–H groups in total. The van der Waals surface area contributed by atoms with Crippen LogP contribution in [0.2, 0.25) is 0 Å². The zero-order valence-corrected chi connectivity index (χ0v) is 24.7. The molecule has 8 unspecified atom stereocenters. The van der Waals surface area contributed by atoms with Gasteiger partial charge in [-0.1, -0.05) is 51.1 Å². The van der Waals surface area contributed by atoms with Crippen LogP contribution in [-0.4, -0.2) is 52.7 Å². The van der Waals surface area contributed by atoms with E-state index in [0.29, 0.717) is 31.4 Å². The van der Waals surface area contributed by atoms with Gasteiger partial charge in [0.25, 0.3) is 0 Å². The summed E-state index contributed by atoms with van der Waals surface area (Å²) in [5.41, 5.74) is -2.94. The fourth-order valence-corrected chi connectivity index (χ4v) is 10.5. The molecule has 6 aliphatic rings. The van der Waals surface area contributed by atoms with Crippen molar-refractivity contribution in [3.05, 3.63) is 59.2 Å². The maximum Gasteiger partial charge on any atom is 0.416 e. The van der Waals surface area contributed by atoms with Crippen molar-refractivity contribution in [1.82, 2.24) is 4.90 Å². The Balaban J connectivity index is 1.51. The molecular formula is C34H44F3NO3. The molecule has 224 valence electrons. The molecule has 0 aromatic heterocycles. The van der Waals surface area contributed by atoms with Crippen molar-refractivity contribution in [2.24, 2.45) is 33.5 Å². The number of hydrogen-bond acceptors (Lipinski definition) is 4. The lowest BCUT2D eigenvalue weighted by atomic mass is 9.32. The Bertz CT molecular complexity index is 1310. The molecule has 0 radical (unpaired) electrons. The van der Waals surface area contributed by atoms with Crippen molar-refractivity contribution in [1.29, 1.82) is 0 Å². The largest absolute Gasteiger partial charge is 0.416 e. The van der Waals surface area contributed by atoms with E-state index in [1.165, 1.54) is 12.1 Å². The van der Waals surface area contributed by atoms with Crippen molar-refractivity contribution in [3.8, 4) is 0 Å². The van der Waals surface area contributed by atoms with Gasteiger partial charge in [-0.15, -0.1) is 0 Å². The highest BCUT2D eigenvalue weighted by molar-refractivity contribution is 6.10. The van der Waals surface area contributed by atoms with Gasteiger partial charge in [-0.2, -0.15) is 13.2 Å². The highest BCUT2D eigenvalue weighted by Crippen LogP contribution is 2.78. The SMILES string of the molecule is CCCN(C)CC1(O)CCC2C34C=CC5(C=C3C(=O)c3cccc(C(F)(F)F)c3)CC(O)CCC5(C)C4CCC21C. The van der Waals surface area contributed by atoms with Crippen LogP contribution in [0.25, 0.3) is 0 Å². The summed E-state index contributed by atoms with van der Waals surface area (Å²) in [6.45, 7) is 8.08. The summed E-state index contributed by atoms with van der Waals surface area (Å²) in [5, 5.41) is 23.1. The number of ketones is 1. The van der Waals surface area contributed by atoms with Crippen LogP contribution in [0.15, 0.2) is 48.1 Å². The molecule has 8 atom stereocenters. The molecular weight excluding hydrogens is 527 g/mol. The van der Waals surface area contributed by atoms with E-state index in [1.54, 1.807) is 0 Å². The Morgan fingerprint density at radius 2 is 1.73 bits per heavy atom. The van der Waals surface area contributed by atoms with Crippen molar-refractivity contribution in [2.75, 3.05) is 20.1 Å². The Labute approximate surface area is 241 Å². The van der Waals surface area contributed by atoms with Gasteiger partial charge in [0.2, 0.25) is 0 Å². The zero-order chi connectivity index (χ0) is 29.6. The number of nitrogens with zero attached hydrogens (tertiary/aromatic N) is 1. The smallest absolute Gasteiger partial charge is 0.393 e. The zero-order valence-electron chi connectivity index (χ0n) is 24.7. The molecule has 3 fully saturated rings. The van der Waals surface area contributed by atoms with Gasteiger partial charge in [-0.3, -0.25) is 4.79 Å². The van der Waals surface area contributed by atoms with Gasteiger partial charge in [0.1, 0.15) is 0 Å². The van der Waals surface area contributed by atoms with E-state index in [2.05, 4.69) is 50.9 Å². The van der Waals surface area contributed by atoms with Gasteiger partial charge in [0.05, 0.1) is 17.3 Å². The number of aliphatic hydroxyl groups is 2. The lowest BCUT2D eigenvalue weighted by Gasteiger charge is -2.71. The van der Waals surface area contributed by atoms with E-state index in [1.807, 2.05) is 0 Å². The fraction of sp³-hybridized carbons (Fsp3) is 0.676. The molecule has 0 aliphatic heterocycles. The summed E-state index contributed by atoms with van der Waals surface area (Å²) in [7, 11) is 2.05. The Hall–Kier alpha value is -1.96. The van der Waals surface area contributed by atoms with E-state index >= 15 is 0 Å². The van der Waals surface area contributed by atoms with Crippen LogP contribution in [0.1, 0.15) is 88.1 Å². The van der Waals surface area contributed by atoms with Gasteiger partial charge in [-0.25, -0.2) is 0 Å². The Morgan fingerprint density at radius 3 is 2.44 bits per heavy atom. The lowest BCUT2D eigenvalue weighted by Crippen LogP contribution is -2.67. The van der Waals surface area contributed by atoms with Gasteiger partial charge in [-0.05, 0) is 94.3 Å². The number of fused-ring (bicyclic) bond motifs is 1. The molecule has 41 heavy (non-hydrogen) atoms. The number of benzene rings is 1. The minimum absolute atomic E-state index is 0.0204. The number of alkyl halides is 3. The van der Waals surface area contributed by atoms with Crippen LogP contribution in [-0.2, 0) is 6.18 Å². The minimum Gasteiger partial charge on any atom is -0.393 e. The summed E-state index contributed by atoms with van der Waals surface area (Å²) in [6, 6.07) is 4.81. The lowest BCUT2D eigenvalue weighted by molar-refractivity contribution is -0.175. The molecule has 0 heterocycles. The molecule has 2 bridgehead atoms. The van der Waals surface area contributed by atoms with Gasteiger partial charge >= 0.3 is 6.18 Å². The monoisotopic (exact) mass is 571 g/mol. The van der Waals surface area contributed by atoms with E-state index in [-0.39, 0.29) is 28.6 Å². The molecule has 2 spiro atoms. The average molecular weight is 572 g/mol. The third-order valence-corrected chi connectivity index (χ3v) is 12.5. The molecule has 4 nitrogen and oxygen atoms in total. The normalized spacial score (nSPS) is 43.0. The Morgan fingerprint density at radius 1 is 1.05 bits per heavy atom. The Kier molecular flexibility index (Phi) is 6.58. The maximum atomic E-state index is 14.5. The number of carbonyl (C=O) groups is 1. The number of likely N-dealkylation sites (N-methyl/N-ethyl adjacent to an activating group) is 1. The first-order valence-electron chi connectivity index (χ1n) is 15.4. The summed E-state index contributed by atoms with van der Waals surface area (Å²) < 4.78 is 41.0. The van der Waals surface area contributed by atoms with E-state index in [0.717, 1.165) is 50.8 Å². The molecule has 1 aromatic rings. The van der Waals surface area contributed by atoms with Gasteiger partial charge in [0.15, 0.2) is 5.78 Å². The van der Waals surface area contributed by atoms with Crippen LogP contribution >= 0.6 is 0 Å². The number of carbonyl (C=O) groups excluding carboxylic acids is 1. The molecule has 7 rings (SSSR count). The predicted octanol–water partition coefficient (Wildman–Crippen LogP) is 6.82. The summed E-state index contributed by atoms with van der Waals surface area (Å²) in [6.07, 6.45) is 7.57. The highest BCUT2D eigenvalue weighted by Gasteiger charge is 2.74. The quantitative estimate of drug-likeness (QED) is 0.291. The van der Waals surface area contributed by atoms with Crippen LogP contribution in [0.4, 0.5) is 13.2 Å². The second kappa shape index (κ2) is 9.27. The first-order chi connectivity index (χ1) is 19.2. The minimum atomic E-state index is -4.54. The first kappa shape index (κ1) is 29.1. The molecule has 3 saturated carbocycles. The van der Waals surface area contributed by atoms with Crippen molar-refractivity contribution in [3.63, 3.8) is 0 Å². The number of allylic oxidation sites excluding steroid dienone is 4.